The molecular weight excluding hydrogens is 154 g/mol. The van der Waals surface area contributed by atoms with Crippen molar-refractivity contribution in [3.8, 4) is 0 Å². The van der Waals surface area contributed by atoms with Gasteiger partial charge in [0.15, 0.2) is 0 Å². The second-order valence-electron chi connectivity index (χ2n) is 2.38. The maximum atomic E-state index is 10.3. The predicted molar refractivity (Wildman–Crippen MR) is 45.5 cm³/mol. The Balaban J connectivity index is 2.93. The first kappa shape index (κ1) is 8.46. The molecule has 1 aromatic heterocycles. The lowest BCUT2D eigenvalue weighted by molar-refractivity contribution is -0.131. The van der Waals surface area contributed by atoms with Crippen LogP contribution in [0.25, 0.3) is 5.57 Å². The third-order valence-electron chi connectivity index (χ3n) is 1.41. The van der Waals surface area contributed by atoms with Gasteiger partial charge in [0.1, 0.15) is 0 Å². The van der Waals surface area contributed by atoms with Crippen LogP contribution in [0.4, 0.5) is 0 Å². The maximum Gasteiger partial charge on any atom is 0.328 e. The van der Waals surface area contributed by atoms with Crippen molar-refractivity contribution in [2.45, 2.75) is 6.92 Å². The van der Waals surface area contributed by atoms with Crippen LogP contribution in [-0.4, -0.2) is 16.1 Å². The molecule has 3 heteroatoms. The van der Waals surface area contributed by atoms with Gasteiger partial charge in [0.2, 0.25) is 0 Å². The largest absolute Gasteiger partial charge is 0.478 e. The van der Waals surface area contributed by atoms with Crippen molar-refractivity contribution in [3.05, 3.63) is 36.2 Å². The average molecular weight is 163 g/mol. The lowest BCUT2D eigenvalue weighted by Crippen LogP contribution is -1.91. The Bertz CT molecular complexity index is 304. The molecule has 0 spiro atoms. The van der Waals surface area contributed by atoms with Crippen molar-refractivity contribution < 1.29 is 9.90 Å². The molecule has 12 heavy (non-hydrogen) atoms. The Hall–Kier alpha value is -1.64. The minimum absolute atomic E-state index is 0.656. The van der Waals surface area contributed by atoms with Gasteiger partial charge in [-0.1, -0.05) is 6.07 Å². The molecule has 0 fully saturated rings. The smallest absolute Gasteiger partial charge is 0.328 e. The molecule has 3 nitrogen and oxygen atoms in total. The first-order chi connectivity index (χ1) is 5.70. The van der Waals surface area contributed by atoms with Crippen molar-refractivity contribution in [3.63, 3.8) is 0 Å². The van der Waals surface area contributed by atoms with E-state index in [-0.39, 0.29) is 0 Å². The van der Waals surface area contributed by atoms with Crippen molar-refractivity contribution in [1.29, 1.82) is 0 Å². The third kappa shape index (κ3) is 2.20. The number of hydrogen-bond donors (Lipinski definition) is 1. The lowest BCUT2D eigenvalue weighted by atomic mass is 10.2. The SMILES string of the molecule is C/C(=C\C(=O)O)c1ccccn1. The van der Waals surface area contributed by atoms with Gasteiger partial charge < -0.3 is 5.11 Å². The van der Waals surface area contributed by atoms with E-state index in [4.69, 9.17) is 5.11 Å². The van der Waals surface area contributed by atoms with Gasteiger partial charge in [-0.05, 0) is 24.6 Å². The highest BCUT2D eigenvalue weighted by atomic mass is 16.4. The quantitative estimate of drug-likeness (QED) is 0.673. The molecule has 0 amide bonds. The highest BCUT2D eigenvalue weighted by Gasteiger charge is 1.97. The summed E-state index contributed by atoms with van der Waals surface area (Å²) in [6, 6.07) is 5.38. The van der Waals surface area contributed by atoms with Crippen LogP contribution in [0, 0.1) is 0 Å². The van der Waals surface area contributed by atoms with Crippen LogP contribution in [0.15, 0.2) is 30.5 Å². The van der Waals surface area contributed by atoms with Crippen LogP contribution in [0.1, 0.15) is 12.6 Å². The summed E-state index contributed by atoms with van der Waals surface area (Å²) in [5, 5.41) is 8.44. The summed E-state index contributed by atoms with van der Waals surface area (Å²) in [5.41, 5.74) is 1.35. The molecule has 1 aromatic rings. The van der Waals surface area contributed by atoms with Gasteiger partial charge in [0.25, 0.3) is 0 Å². The molecule has 0 aliphatic carbocycles. The van der Waals surface area contributed by atoms with Gasteiger partial charge in [-0.3, -0.25) is 4.98 Å². The lowest BCUT2D eigenvalue weighted by Gasteiger charge is -1.96. The van der Waals surface area contributed by atoms with Gasteiger partial charge in [-0.25, -0.2) is 4.79 Å². The summed E-state index contributed by atoms with van der Waals surface area (Å²) < 4.78 is 0. The standard InChI is InChI=1S/C9H9NO2/c1-7(6-9(11)12)8-4-2-3-5-10-8/h2-6H,1H3,(H,11,12)/b7-6+. The predicted octanol–water partition coefficient (Wildman–Crippen LogP) is 1.57. The summed E-state index contributed by atoms with van der Waals surface area (Å²) in [6.45, 7) is 1.72. The highest BCUT2D eigenvalue weighted by molar-refractivity contribution is 5.88. The number of pyridine rings is 1. The molecule has 1 rings (SSSR count). The molecule has 1 heterocycles. The molecule has 0 saturated heterocycles. The van der Waals surface area contributed by atoms with Gasteiger partial charge >= 0.3 is 5.97 Å². The number of nitrogens with zero attached hydrogens (tertiary/aromatic N) is 1. The molecule has 0 aliphatic rings. The molecule has 1 N–H and O–H groups in total. The van der Waals surface area contributed by atoms with Crippen LogP contribution >= 0.6 is 0 Å². The first-order valence-corrected chi connectivity index (χ1v) is 3.53. The van der Waals surface area contributed by atoms with Gasteiger partial charge in [0.05, 0.1) is 5.69 Å². The molecule has 0 atom stereocenters. The normalized spacial score (nSPS) is 11.2. The van der Waals surface area contributed by atoms with E-state index in [0.717, 1.165) is 6.08 Å². The van der Waals surface area contributed by atoms with E-state index in [9.17, 15) is 4.79 Å². The van der Waals surface area contributed by atoms with Crippen LogP contribution in [0.5, 0.6) is 0 Å². The Morgan fingerprint density at radius 2 is 2.33 bits per heavy atom. The number of aromatic nitrogens is 1. The number of carboxylic acid groups (broad SMARTS) is 1. The Morgan fingerprint density at radius 3 is 2.83 bits per heavy atom. The summed E-state index contributed by atoms with van der Waals surface area (Å²) >= 11 is 0. The van der Waals surface area contributed by atoms with Crippen LogP contribution < -0.4 is 0 Å². The zero-order chi connectivity index (χ0) is 8.97. The zero-order valence-corrected chi connectivity index (χ0v) is 6.69. The molecule has 0 aliphatic heterocycles. The van der Waals surface area contributed by atoms with Crippen molar-refractivity contribution in [2.24, 2.45) is 0 Å². The fourth-order valence-corrected chi connectivity index (χ4v) is 0.855. The Morgan fingerprint density at radius 1 is 1.58 bits per heavy atom. The minimum atomic E-state index is -0.946. The van der Waals surface area contributed by atoms with Gasteiger partial charge in [-0.2, -0.15) is 0 Å². The number of allylic oxidation sites excluding steroid dienone is 1. The molecule has 0 bridgehead atoms. The summed E-state index contributed by atoms with van der Waals surface area (Å²) in [7, 11) is 0. The van der Waals surface area contributed by atoms with E-state index in [1.54, 1.807) is 25.3 Å². The van der Waals surface area contributed by atoms with E-state index in [2.05, 4.69) is 4.98 Å². The number of rotatable bonds is 2. The van der Waals surface area contributed by atoms with Crippen LogP contribution in [-0.2, 0) is 4.79 Å². The molecule has 0 aromatic carbocycles. The summed E-state index contributed by atoms with van der Waals surface area (Å²) in [4.78, 5) is 14.3. The van der Waals surface area contributed by atoms with E-state index >= 15 is 0 Å². The van der Waals surface area contributed by atoms with Crippen LogP contribution in [0.2, 0.25) is 0 Å². The zero-order valence-electron chi connectivity index (χ0n) is 6.69. The average Bonchev–Trinajstić information content (AvgIpc) is 2.05. The van der Waals surface area contributed by atoms with E-state index in [1.165, 1.54) is 0 Å². The fraction of sp³-hybridized carbons (Fsp3) is 0.111. The first-order valence-electron chi connectivity index (χ1n) is 3.53. The molecule has 0 unspecified atom stereocenters. The summed E-state index contributed by atoms with van der Waals surface area (Å²) in [5.74, 6) is -0.946. The van der Waals surface area contributed by atoms with Crippen molar-refractivity contribution in [1.82, 2.24) is 4.98 Å². The number of hydrogen-bond acceptors (Lipinski definition) is 2. The van der Waals surface area contributed by atoms with E-state index < -0.39 is 5.97 Å². The summed E-state index contributed by atoms with van der Waals surface area (Å²) in [6.07, 6.45) is 2.77. The highest BCUT2D eigenvalue weighted by Crippen LogP contribution is 2.08. The topological polar surface area (TPSA) is 50.2 Å². The number of aliphatic carboxylic acids is 1. The Kier molecular flexibility index (Phi) is 2.58. The number of carboxylic acids is 1. The fourth-order valence-electron chi connectivity index (χ4n) is 0.855. The van der Waals surface area contributed by atoms with E-state index in [1.807, 2.05) is 6.07 Å². The Labute approximate surface area is 70.4 Å². The molecule has 0 radical (unpaired) electrons. The van der Waals surface area contributed by atoms with Crippen molar-refractivity contribution >= 4 is 11.5 Å². The van der Waals surface area contributed by atoms with Gasteiger partial charge in [0, 0.05) is 12.3 Å². The molecule has 62 valence electrons. The number of carbonyl (C=O) groups is 1. The van der Waals surface area contributed by atoms with E-state index in [0.29, 0.717) is 11.3 Å². The maximum absolute atomic E-state index is 10.3. The molecular formula is C9H9NO2. The monoisotopic (exact) mass is 163 g/mol. The third-order valence-corrected chi connectivity index (χ3v) is 1.41. The minimum Gasteiger partial charge on any atom is -0.478 e. The van der Waals surface area contributed by atoms with Crippen molar-refractivity contribution in [2.75, 3.05) is 0 Å². The second kappa shape index (κ2) is 3.67. The van der Waals surface area contributed by atoms with Gasteiger partial charge in [-0.15, -0.1) is 0 Å². The molecule has 0 saturated carbocycles. The van der Waals surface area contributed by atoms with Crippen LogP contribution in [0.3, 0.4) is 0 Å². The second-order valence-corrected chi connectivity index (χ2v) is 2.38.